The van der Waals surface area contributed by atoms with Crippen LogP contribution in [0.25, 0.3) is 0 Å². The number of halogens is 1. The molecule has 1 unspecified atom stereocenters. The van der Waals surface area contributed by atoms with Gasteiger partial charge < -0.3 is 0 Å². The number of allylic oxidation sites excluding steroid dienone is 1. The Hall–Kier alpha value is -0.150. The van der Waals surface area contributed by atoms with Gasteiger partial charge in [0.15, 0.2) is 0 Å². The topological polar surface area (TPSA) is 12.9 Å². The van der Waals surface area contributed by atoms with E-state index in [2.05, 4.69) is 39.9 Å². The number of hydrogen-bond acceptors (Lipinski definition) is 2. The Bertz CT molecular complexity index is 245. The molecule has 0 bridgehead atoms. The van der Waals surface area contributed by atoms with E-state index < -0.39 is 0 Å². The SMILES string of the molecule is C=CC(C)(CBr)Cc1ccns1. The highest BCUT2D eigenvalue weighted by Crippen LogP contribution is 2.27. The van der Waals surface area contributed by atoms with Gasteiger partial charge in [-0.2, -0.15) is 0 Å². The first kappa shape index (κ1) is 9.93. The molecule has 1 aromatic heterocycles. The summed E-state index contributed by atoms with van der Waals surface area (Å²) in [4.78, 5) is 1.32. The Morgan fingerprint density at radius 2 is 2.58 bits per heavy atom. The minimum absolute atomic E-state index is 0.159. The lowest BCUT2D eigenvalue weighted by Crippen LogP contribution is -2.17. The Morgan fingerprint density at radius 1 is 1.83 bits per heavy atom. The summed E-state index contributed by atoms with van der Waals surface area (Å²) in [5.41, 5.74) is 0.159. The van der Waals surface area contributed by atoms with Crippen molar-refractivity contribution in [1.82, 2.24) is 4.37 Å². The molecular weight excluding hydrogens is 234 g/mol. The largest absolute Gasteiger partial charge is 0.201 e. The highest BCUT2D eigenvalue weighted by molar-refractivity contribution is 9.09. The van der Waals surface area contributed by atoms with Gasteiger partial charge in [0.05, 0.1) is 0 Å². The van der Waals surface area contributed by atoms with E-state index in [0.29, 0.717) is 0 Å². The second-order valence-corrected chi connectivity index (χ2v) is 4.63. The van der Waals surface area contributed by atoms with Crippen molar-refractivity contribution in [3.05, 3.63) is 29.8 Å². The predicted molar refractivity (Wildman–Crippen MR) is 57.9 cm³/mol. The molecule has 12 heavy (non-hydrogen) atoms. The quantitative estimate of drug-likeness (QED) is 0.587. The molecule has 3 heteroatoms. The number of alkyl halides is 1. The van der Waals surface area contributed by atoms with Crippen molar-refractivity contribution in [1.29, 1.82) is 0 Å². The van der Waals surface area contributed by atoms with Crippen molar-refractivity contribution in [2.75, 3.05) is 5.33 Å². The van der Waals surface area contributed by atoms with Gasteiger partial charge in [0, 0.05) is 16.4 Å². The fraction of sp³-hybridized carbons (Fsp3) is 0.444. The summed E-state index contributed by atoms with van der Waals surface area (Å²) >= 11 is 5.05. The Labute approximate surface area is 85.8 Å². The highest BCUT2D eigenvalue weighted by atomic mass is 79.9. The number of aromatic nitrogens is 1. The molecule has 0 saturated carbocycles. The first-order valence-corrected chi connectivity index (χ1v) is 5.69. The Balaban J connectivity index is 2.66. The van der Waals surface area contributed by atoms with Gasteiger partial charge >= 0.3 is 0 Å². The van der Waals surface area contributed by atoms with Crippen LogP contribution >= 0.6 is 27.5 Å². The molecule has 0 aromatic carbocycles. The zero-order valence-corrected chi connectivity index (χ0v) is 9.49. The van der Waals surface area contributed by atoms with Crippen LogP contribution in [-0.2, 0) is 6.42 Å². The molecule has 0 fully saturated rings. The molecule has 0 aliphatic carbocycles. The fourth-order valence-electron chi connectivity index (χ4n) is 0.905. The second-order valence-electron chi connectivity index (χ2n) is 3.15. The van der Waals surface area contributed by atoms with Crippen LogP contribution in [0.4, 0.5) is 0 Å². The summed E-state index contributed by atoms with van der Waals surface area (Å²) < 4.78 is 4.07. The Morgan fingerprint density at radius 3 is 3.00 bits per heavy atom. The predicted octanol–water partition coefficient (Wildman–Crippen LogP) is 3.27. The van der Waals surface area contributed by atoms with Crippen LogP contribution in [0, 0.1) is 5.41 Å². The zero-order chi connectivity index (χ0) is 9.03. The van der Waals surface area contributed by atoms with Crippen molar-refractivity contribution in [3.63, 3.8) is 0 Å². The molecule has 0 amide bonds. The number of rotatable bonds is 4. The van der Waals surface area contributed by atoms with Crippen LogP contribution in [0.5, 0.6) is 0 Å². The molecule has 0 N–H and O–H groups in total. The van der Waals surface area contributed by atoms with E-state index >= 15 is 0 Å². The summed E-state index contributed by atoms with van der Waals surface area (Å²) in [6.07, 6.45) is 4.87. The van der Waals surface area contributed by atoms with Gasteiger partial charge in [0.2, 0.25) is 0 Å². The molecule has 0 aliphatic heterocycles. The van der Waals surface area contributed by atoms with Crippen molar-refractivity contribution >= 4 is 27.5 Å². The van der Waals surface area contributed by atoms with E-state index in [1.165, 1.54) is 4.88 Å². The van der Waals surface area contributed by atoms with E-state index in [0.717, 1.165) is 11.8 Å². The van der Waals surface area contributed by atoms with Gasteiger partial charge in [-0.05, 0) is 29.4 Å². The minimum atomic E-state index is 0.159. The third-order valence-electron chi connectivity index (χ3n) is 1.87. The molecule has 1 nitrogen and oxygen atoms in total. The van der Waals surface area contributed by atoms with Gasteiger partial charge in [-0.3, -0.25) is 0 Å². The number of nitrogens with zero attached hydrogens (tertiary/aromatic N) is 1. The van der Waals surface area contributed by atoms with Gasteiger partial charge in [-0.15, -0.1) is 6.58 Å². The molecule has 1 heterocycles. The third kappa shape index (κ3) is 2.42. The smallest absolute Gasteiger partial charge is 0.0409 e. The summed E-state index contributed by atoms with van der Waals surface area (Å²) in [5.74, 6) is 0. The average Bonchev–Trinajstić information content (AvgIpc) is 2.57. The lowest BCUT2D eigenvalue weighted by Gasteiger charge is -2.21. The molecule has 0 radical (unpaired) electrons. The summed E-state index contributed by atoms with van der Waals surface area (Å²) in [7, 11) is 0. The number of hydrogen-bond donors (Lipinski definition) is 0. The fourth-order valence-corrected chi connectivity index (χ4v) is 2.11. The molecule has 0 aliphatic rings. The molecule has 1 aromatic rings. The van der Waals surface area contributed by atoms with E-state index in [1.54, 1.807) is 11.5 Å². The van der Waals surface area contributed by atoms with Crippen molar-refractivity contribution in [2.45, 2.75) is 13.3 Å². The van der Waals surface area contributed by atoms with E-state index in [9.17, 15) is 0 Å². The van der Waals surface area contributed by atoms with Crippen molar-refractivity contribution in [3.8, 4) is 0 Å². The maximum atomic E-state index is 4.07. The standard InChI is InChI=1S/C9H12BrNS/c1-3-9(2,7-10)6-8-4-5-11-12-8/h3-5H,1,6-7H2,2H3. The maximum Gasteiger partial charge on any atom is 0.0409 e. The summed E-state index contributed by atoms with van der Waals surface area (Å²) in [6.45, 7) is 6.03. The van der Waals surface area contributed by atoms with Crippen LogP contribution in [0.2, 0.25) is 0 Å². The second kappa shape index (κ2) is 4.19. The van der Waals surface area contributed by atoms with Gasteiger partial charge in [-0.1, -0.05) is 28.9 Å². The molecule has 1 rings (SSSR count). The van der Waals surface area contributed by atoms with E-state index in [4.69, 9.17) is 0 Å². The molecule has 0 saturated heterocycles. The van der Waals surface area contributed by atoms with Crippen LogP contribution in [-0.4, -0.2) is 9.70 Å². The Kier molecular flexibility index (Phi) is 3.47. The first-order chi connectivity index (χ1) is 5.70. The third-order valence-corrected chi connectivity index (χ3v) is 3.89. The van der Waals surface area contributed by atoms with Crippen LogP contribution < -0.4 is 0 Å². The molecule has 0 spiro atoms. The minimum Gasteiger partial charge on any atom is -0.201 e. The molecule has 66 valence electrons. The van der Waals surface area contributed by atoms with Crippen LogP contribution in [0.3, 0.4) is 0 Å². The van der Waals surface area contributed by atoms with Gasteiger partial charge in [0.1, 0.15) is 0 Å². The maximum absolute atomic E-state index is 4.07. The lowest BCUT2D eigenvalue weighted by atomic mass is 9.89. The van der Waals surface area contributed by atoms with Crippen LogP contribution in [0.15, 0.2) is 24.9 Å². The van der Waals surface area contributed by atoms with E-state index in [-0.39, 0.29) is 5.41 Å². The van der Waals surface area contributed by atoms with E-state index in [1.807, 2.05) is 12.3 Å². The summed E-state index contributed by atoms with van der Waals surface area (Å²) in [6, 6.07) is 2.06. The van der Waals surface area contributed by atoms with Gasteiger partial charge in [0.25, 0.3) is 0 Å². The van der Waals surface area contributed by atoms with Crippen molar-refractivity contribution < 1.29 is 0 Å². The average molecular weight is 246 g/mol. The molecular formula is C9H12BrNS. The van der Waals surface area contributed by atoms with Gasteiger partial charge in [-0.25, -0.2) is 4.37 Å². The summed E-state index contributed by atoms with van der Waals surface area (Å²) in [5, 5.41) is 0.946. The first-order valence-electron chi connectivity index (χ1n) is 3.79. The monoisotopic (exact) mass is 245 g/mol. The van der Waals surface area contributed by atoms with Crippen molar-refractivity contribution in [2.24, 2.45) is 5.41 Å². The zero-order valence-electron chi connectivity index (χ0n) is 7.09. The molecule has 1 atom stereocenters. The lowest BCUT2D eigenvalue weighted by molar-refractivity contribution is 0.498. The van der Waals surface area contributed by atoms with Crippen LogP contribution in [0.1, 0.15) is 11.8 Å². The normalized spacial score (nSPS) is 15.5. The highest BCUT2D eigenvalue weighted by Gasteiger charge is 2.19.